The van der Waals surface area contributed by atoms with Crippen LogP contribution in [0.2, 0.25) is 0 Å². The van der Waals surface area contributed by atoms with Crippen molar-refractivity contribution < 1.29 is 5.11 Å². The van der Waals surface area contributed by atoms with Crippen molar-refractivity contribution in [2.24, 2.45) is 22.6 Å². The van der Waals surface area contributed by atoms with Crippen LogP contribution in [0.4, 0.5) is 0 Å². The summed E-state index contributed by atoms with van der Waals surface area (Å²) in [5.74, 6) is 1.44. The summed E-state index contributed by atoms with van der Waals surface area (Å²) >= 11 is 0. The monoisotopic (exact) mass is 451 g/mol. The molecule has 0 bridgehead atoms. The van der Waals surface area contributed by atoms with E-state index >= 15 is 0 Å². The number of nitrogens with one attached hydrogen (secondary N) is 1. The lowest BCUT2D eigenvalue weighted by molar-refractivity contribution is 0.129. The van der Waals surface area contributed by atoms with Gasteiger partial charge in [-0.1, -0.05) is 48.5 Å². The van der Waals surface area contributed by atoms with E-state index in [-0.39, 0.29) is 12.8 Å². The standard InChI is InChI=1S/C28H29N5O/c29-27-26-25(32-28(33(26)15-14-30-27)21-8-6-18(17-34)7-9-21)22-11-10-20-12-13-23(31-24(20)16-22)19-4-2-1-3-5-19/h1-5,10-16,18,21,28,32,34H,6-9,17H2,(H2,29,30). The van der Waals surface area contributed by atoms with Crippen molar-refractivity contribution in [3.8, 4) is 11.3 Å². The highest BCUT2D eigenvalue weighted by Crippen LogP contribution is 2.39. The zero-order valence-corrected chi connectivity index (χ0v) is 19.1. The van der Waals surface area contributed by atoms with Gasteiger partial charge in [0.15, 0.2) is 0 Å². The van der Waals surface area contributed by atoms with Crippen LogP contribution >= 0.6 is 0 Å². The van der Waals surface area contributed by atoms with Crippen LogP contribution in [-0.2, 0) is 0 Å². The lowest BCUT2D eigenvalue weighted by Crippen LogP contribution is -2.44. The Kier molecular flexibility index (Phi) is 5.30. The predicted octanol–water partition coefficient (Wildman–Crippen LogP) is 4.44. The summed E-state index contributed by atoms with van der Waals surface area (Å²) in [6, 6.07) is 20.9. The molecule has 1 unspecified atom stereocenters. The van der Waals surface area contributed by atoms with Gasteiger partial charge in [-0.05, 0) is 49.7 Å². The van der Waals surface area contributed by atoms with Gasteiger partial charge in [-0.3, -0.25) is 0 Å². The average Bonchev–Trinajstić information content (AvgIpc) is 3.30. The Hall–Kier alpha value is -3.64. The number of benzene rings is 2. The zero-order chi connectivity index (χ0) is 23.1. The summed E-state index contributed by atoms with van der Waals surface area (Å²) in [4.78, 5) is 11.6. The summed E-state index contributed by atoms with van der Waals surface area (Å²) in [5.41, 5.74) is 12.4. The van der Waals surface area contributed by atoms with Crippen LogP contribution in [0.3, 0.4) is 0 Å². The molecule has 1 fully saturated rings. The fraction of sp³-hybridized carbons (Fsp3) is 0.286. The number of nitrogens with two attached hydrogens (primary N) is 1. The molecule has 1 saturated carbocycles. The van der Waals surface area contributed by atoms with Crippen LogP contribution in [0.15, 0.2) is 83.8 Å². The molecule has 6 nitrogen and oxygen atoms in total. The van der Waals surface area contributed by atoms with E-state index < -0.39 is 0 Å². The third kappa shape index (κ3) is 3.64. The number of fused-ring (bicyclic) bond motifs is 2. The molecule has 3 heterocycles. The second-order valence-electron chi connectivity index (χ2n) is 9.47. The SMILES string of the molecule is NC1=NC=CN2C1=C(c1ccc3ccc(-c4ccccc4)nc3c1)NC2C1CCC(CO)CC1. The molecule has 1 aliphatic carbocycles. The van der Waals surface area contributed by atoms with E-state index in [0.717, 1.165) is 64.8 Å². The summed E-state index contributed by atoms with van der Waals surface area (Å²) in [5, 5.41) is 14.5. The Morgan fingerprint density at radius 2 is 1.76 bits per heavy atom. The number of hydrogen-bond acceptors (Lipinski definition) is 6. The lowest BCUT2D eigenvalue weighted by Gasteiger charge is -2.36. The maximum atomic E-state index is 9.55. The molecule has 1 aromatic heterocycles. The number of hydrogen-bond donors (Lipinski definition) is 3. The lowest BCUT2D eigenvalue weighted by atomic mass is 9.80. The molecule has 3 aromatic rings. The summed E-state index contributed by atoms with van der Waals surface area (Å²) in [6.45, 7) is 0.290. The van der Waals surface area contributed by atoms with Crippen molar-refractivity contribution >= 4 is 22.4 Å². The van der Waals surface area contributed by atoms with Crippen LogP contribution in [0.25, 0.3) is 27.9 Å². The number of nitrogens with zero attached hydrogens (tertiary/aromatic N) is 3. The van der Waals surface area contributed by atoms with E-state index in [1.807, 2.05) is 24.4 Å². The third-order valence-electron chi connectivity index (χ3n) is 7.42. The summed E-state index contributed by atoms with van der Waals surface area (Å²) in [7, 11) is 0. The third-order valence-corrected chi connectivity index (χ3v) is 7.42. The van der Waals surface area contributed by atoms with Gasteiger partial charge in [-0.15, -0.1) is 0 Å². The molecule has 1 atom stereocenters. The number of aromatic nitrogens is 1. The fourth-order valence-electron chi connectivity index (χ4n) is 5.52. The van der Waals surface area contributed by atoms with Crippen LogP contribution < -0.4 is 11.1 Å². The van der Waals surface area contributed by atoms with E-state index in [0.29, 0.717) is 17.7 Å². The van der Waals surface area contributed by atoms with Crippen molar-refractivity contribution in [2.45, 2.75) is 31.8 Å². The quantitative estimate of drug-likeness (QED) is 0.546. The van der Waals surface area contributed by atoms with Crippen molar-refractivity contribution in [3.05, 3.63) is 84.3 Å². The first-order valence-corrected chi connectivity index (χ1v) is 12.1. The van der Waals surface area contributed by atoms with Gasteiger partial charge in [-0.2, -0.15) is 0 Å². The first-order chi connectivity index (χ1) is 16.7. The van der Waals surface area contributed by atoms with Crippen LogP contribution in [0.5, 0.6) is 0 Å². The topological polar surface area (TPSA) is 86.8 Å². The number of aliphatic imine (C=N–C) groups is 1. The Balaban J connectivity index is 1.36. The number of aliphatic hydroxyl groups excluding tert-OH is 1. The van der Waals surface area contributed by atoms with Gasteiger partial charge in [0.05, 0.1) is 16.9 Å². The molecule has 34 heavy (non-hydrogen) atoms. The van der Waals surface area contributed by atoms with Gasteiger partial charge in [-0.25, -0.2) is 9.98 Å². The van der Waals surface area contributed by atoms with Crippen molar-refractivity contribution in [3.63, 3.8) is 0 Å². The average molecular weight is 452 g/mol. The Morgan fingerprint density at radius 1 is 0.971 bits per heavy atom. The minimum absolute atomic E-state index is 0.134. The first-order valence-electron chi connectivity index (χ1n) is 12.1. The Labute approximate surface area is 199 Å². The smallest absolute Gasteiger partial charge is 0.149 e. The van der Waals surface area contributed by atoms with Gasteiger partial charge in [0.2, 0.25) is 0 Å². The summed E-state index contributed by atoms with van der Waals surface area (Å²) < 4.78 is 0. The fourth-order valence-corrected chi connectivity index (χ4v) is 5.52. The van der Waals surface area contributed by atoms with E-state index in [1.54, 1.807) is 6.20 Å². The van der Waals surface area contributed by atoms with Gasteiger partial charge < -0.3 is 21.1 Å². The minimum Gasteiger partial charge on any atom is -0.396 e. The van der Waals surface area contributed by atoms with E-state index in [9.17, 15) is 5.11 Å². The highest BCUT2D eigenvalue weighted by Gasteiger charge is 2.39. The largest absolute Gasteiger partial charge is 0.396 e. The molecule has 0 radical (unpaired) electrons. The van der Waals surface area contributed by atoms with E-state index in [1.165, 1.54) is 0 Å². The molecule has 6 rings (SSSR count). The molecular formula is C28H29N5O. The van der Waals surface area contributed by atoms with Crippen LogP contribution in [0.1, 0.15) is 31.2 Å². The van der Waals surface area contributed by atoms with Crippen LogP contribution in [0, 0.1) is 11.8 Å². The van der Waals surface area contributed by atoms with Gasteiger partial charge >= 0.3 is 0 Å². The molecule has 6 heteroatoms. The molecule has 0 amide bonds. The second-order valence-corrected chi connectivity index (χ2v) is 9.47. The number of rotatable bonds is 4. The summed E-state index contributed by atoms with van der Waals surface area (Å²) in [6.07, 6.45) is 8.25. The molecular weight excluding hydrogens is 422 g/mol. The second kappa shape index (κ2) is 8.61. The molecule has 3 aliphatic rings. The molecule has 0 spiro atoms. The number of amidine groups is 1. The number of pyridine rings is 1. The highest BCUT2D eigenvalue weighted by molar-refractivity contribution is 6.05. The van der Waals surface area contributed by atoms with E-state index in [4.69, 9.17) is 10.7 Å². The van der Waals surface area contributed by atoms with Crippen molar-refractivity contribution in [1.29, 1.82) is 0 Å². The molecule has 2 aromatic carbocycles. The Morgan fingerprint density at radius 3 is 2.56 bits per heavy atom. The zero-order valence-electron chi connectivity index (χ0n) is 19.1. The molecule has 172 valence electrons. The van der Waals surface area contributed by atoms with Gasteiger partial charge in [0.1, 0.15) is 17.7 Å². The van der Waals surface area contributed by atoms with E-state index in [2.05, 4.69) is 57.7 Å². The Bertz CT molecular complexity index is 1300. The normalized spacial score (nSPS) is 24.2. The number of aliphatic hydroxyl groups is 1. The molecule has 0 saturated heterocycles. The van der Waals surface area contributed by atoms with Crippen LogP contribution in [-0.4, -0.2) is 33.6 Å². The first kappa shape index (κ1) is 20.9. The maximum absolute atomic E-state index is 9.55. The minimum atomic E-state index is 0.134. The molecule has 4 N–H and O–H groups in total. The van der Waals surface area contributed by atoms with Gasteiger partial charge in [0, 0.05) is 35.5 Å². The molecule has 2 aliphatic heterocycles. The predicted molar refractivity (Wildman–Crippen MR) is 136 cm³/mol. The highest BCUT2D eigenvalue weighted by atomic mass is 16.3. The maximum Gasteiger partial charge on any atom is 0.149 e. The van der Waals surface area contributed by atoms with Crippen molar-refractivity contribution in [2.75, 3.05) is 6.61 Å². The van der Waals surface area contributed by atoms with Gasteiger partial charge in [0.25, 0.3) is 0 Å². The van der Waals surface area contributed by atoms with Crippen molar-refractivity contribution in [1.82, 2.24) is 15.2 Å².